The highest BCUT2D eigenvalue weighted by Crippen LogP contribution is 2.03. The lowest BCUT2D eigenvalue weighted by Gasteiger charge is -2.33. The van der Waals surface area contributed by atoms with Crippen LogP contribution in [0.4, 0.5) is 0 Å². The SMILES string of the molecule is Cc1cccc(C[NH+]2CCN(C(=O)CN(C)C(=S)NCCc3ccccc3)CC2)c1. The fourth-order valence-corrected chi connectivity index (χ4v) is 3.99. The molecule has 1 saturated heterocycles. The maximum atomic E-state index is 12.7. The van der Waals surface area contributed by atoms with Crippen molar-refractivity contribution < 1.29 is 9.69 Å². The molecule has 0 unspecified atom stereocenters. The molecule has 30 heavy (non-hydrogen) atoms. The zero-order valence-electron chi connectivity index (χ0n) is 18.1. The van der Waals surface area contributed by atoms with Crippen molar-refractivity contribution in [2.24, 2.45) is 0 Å². The smallest absolute Gasteiger partial charge is 0.242 e. The van der Waals surface area contributed by atoms with Crippen molar-refractivity contribution in [3.05, 3.63) is 71.3 Å². The maximum Gasteiger partial charge on any atom is 0.242 e. The average Bonchev–Trinajstić information content (AvgIpc) is 2.75. The molecule has 1 aliphatic rings. The van der Waals surface area contributed by atoms with Crippen LogP contribution in [0.25, 0.3) is 0 Å². The molecule has 0 spiro atoms. The summed E-state index contributed by atoms with van der Waals surface area (Å²) in [5.74, 6) is 0.152. The van der Waals surface area contributed by atoms with Crippen LogP contribution in [-0.2, 0) is 17.8 Å². The highest BCUT2D eigenvalue weighted by molar-refractivity contribution is 7.80. The number of piperazine rings is 1. The molecule has 0 atom stereocenters. The van der Waals surface area contributed by atoms with Crippen LogP contribution in [0.2, 0.25) is 0 Å². The quantitative estimate of drug-likeness (QED) is 0.656. The third-order valence-electron chi connectivity index (χ3n) is 5.61. The number of nitrogens with zero attached hydrogens (tertiary/aromatic N) is 2. The molecule has 3 rings (SSSR count). The normalized spacial score (nSPS) is 14.4. The fraction of sp³-hybridized carbons (Fsp3) is 0.417. The van der Waals surface area contributed by atoms with E-state index in [1.807, 2.05) is 35.0 Å². The number of carbonyl (C=O) groups is 1. The molecule has 2 N–H and O–H groups in total. The number of nitrogens with one attached hydrogen (secondary N) is 2. The van der Waals surface area contributed by atoms with Gasteiger partial charge in [0.15, 0.2) is 5.11 Å². The third kappa shape index (κ3) is 6.82. The number of hydrogen-bond donors (Lipinski definition) is 2. The second-order valence-corrected chi connectivity index (χ2v) is 8.51. The van der Waals surface area contributed by atoms with E-state index in [4.69, 9.17) is 12.2 Å². The van der Waals surface area contributed by atoms with E-state index in [1.54, 1.807) is 0 Å². The second kappa shape index (κ2) is 11.1. The predicted molar refractivity (Wildman–Crippen MR) is 126 cm³/mol. The topological polar surface area (TPSA) is 40.0 Å². The molecule has 6 heteroatoms. The molecule has 0 saturated carbocycles. The van der Waals surface area contributed by atoms with Gasteiger partial charge in [0.1, 0.15) is 6.54 Å². The summed E-state index contributed by atoms with van der Waals surface area (Å²) >= 11 is 5.45. The first kappa shape index (κ1) is 22.2. The van der Waals surface area contributed by atoms with Gasteiger partial charge >= 0.3 is 0 Å². The minimum Gasteiger partial charge on any atom is -0.362 e. The molecule has 2 aromatic rings. The van der Waals surface area contributed by atoms with Gasteiger partial charge in [-0.25, -0.2) is 0 Å². The molecule has 1 aliphatic heterocycles. The van der Waals surface area contributed by atoms with Crippen LogP contribution in [-0.4, -0.2) is 67.1 Å². The number of rotatable bonds is 7. The Hall–Kier alpha value is -2.44. The van der Waals surface area contributed by atoms with E-state index < -0.39 is 0 Å². The molecule has 2 aromatic carbocycles. The monoisotopic (exact) mass is 425 g/mol. The Bertz CT molecular complexity index is 834. The molecule has 0 radical (unpaired) electrons. The lowest BCUT2D eigenvalue weighted by molar-refractivity contribution is -0.917. The van der Waals surface area contributed by atoms with Gasteiger partial charge in [0.05, 0.1) is 32.7 Å². The summed E-state index contributed by atoms with van der Waals surface area (Å²) in [6, 6.07) is 19.0. The minimum atomic E-state index is 0.152. The fourth-order valence-electron chi connectivity index (χ4n) is 3.83. The van der Waals surface area contributed by atoms with Crippen molar-refractivity contribution in [3.8, 4) is 0 Å². The molecular formula is C24H33N4OS+. The molecule has 1 amide bonds. The summed E-state index contributed by atoms with van der Waals surface area (Å²) in [6.07, 6.45) is 0.911. The number of aryl methyl sites for hydroxylation is 1. The number of quaternary nitrogens is 1. The van der Waals surface area contributed by atoms with Gasteiger partial charge in [-0.05, 0) is 31.1 Å². The Morgan fingerprint density at radius 1 is 1.10 bits per heavy atom. The van der Waals surface area contributed by atoms with E-state index in [-0.39, 0.29) is 5.91 Å². The van der Waals surface area contributed by atoms with E-state index in [1.165, 1.54) is 21.6 Å². The van der Waals surface area contributed by atoms with Crippen LogP contribution in [0.15, 0.2) is 54.6 Å². The molecule has 5 nitrogen and oxygen atoms in total. The predicted octanol–water partition coefficient (Wildman–Crippen LogP) is 1.27. The van der Waals surface area contributed by atoms with Crippen molar-refractivity contribution >= 4 is 23.2 Å². The Balaban J connectivity index is 1.36. The number of thiocarbonyl (C=S) groups is 1. The van der Waals surface area contributed by atoms with Gasteiger partial charge in [0, 0.05) is 19.2 Å². The maximum absolute atomic E-state index is 12.7. The largest absolute Gasteiger partial charge is 0.362 e. The zero-order valence-corrected chi connectivity index (χ0v) is 18.9. The summed E-state index contributed by atoms with van der Waals surface area (Å²) in [4.78, 5) is 18.1. The summed E-state index contributed by atoms with van der Waals surface area (Å²) in [7, 11) is 1.88. The third-order valence-corrected chi connectivity index (χ3v) is 6.07. The van der Waals surface area contributed by atoms with Gasteiger partial charge < -0.3 is 20.0 Å². The Morgan fingerprint density at radius 3 is 2.50 bits per heavy atom. The summed E-state index contributed by atoms with van der Waals surface area (Å²) in [5, 5.41) is 3.89. The van der Waals surface area contributed by atoms with Crippen molar-refractivity contribution in [2.45, 2.75) is 19.9 Å². The summed E-state index contributed by atoms with van der Waals surface area (Å²) in [6.45, 7) is 7.84. The summed E-state index contributed by atoms with van der Waals surface area (Å²) in [5.41, 5.74) is 3.95. The van der Waals surface area contributed by atoms with Crippen LogP contribution in [0, 0.1) is 6.92 Å². The van der Waals surface area contributed by atoms with E-state index in [9.17, 15) is 4.79 Å². The van der Waals surface area contributed by atoms with E-state index in [0.29, 0.717) is 11.7 Å². The Labute approximate surface area is 185 Å². The summed E-state index contributed by atoms with van der Waals surface area (Å²) < 4.78 is 0. The lowest BCUT2D eigenvalue weighted by Crippen LogP contribution is -3.13. The van der Waals surface area contributed by atoms with E-state index in [2.05, 4.69) is 48.6 Å². The van der Waals surface area contributed by atoms with Gasteiger partial charge in [-0.2, -0.15) is 0 Å². The lowest BCUT2D eigenvalue weighted by atomic mass is 10.1. The van der Waals surface area contributed by atoms with Crippen LogP contribution in [0.5, 0.6) is 0 Å². The molecule has 1 fully saturated rings. The minimum absolute atomic E-state index is 0.152. The Morgan fingerprint density at radius 2 is 1.80 bits per heavy atom. The standard InChI is InChI=1S/C24H32N4OS/c1-20-7-6-10-22(17-20)18-27-13-15-28(16-14-27)23(29)19-26(2)24(30)25-12-11-21-8-4-3-5-9-21/h3-10,17H,11-16,18-19H2,1-2H3,(H,25,30)/p+1. The number of carbonyl (C=O) groups excluding carboxylic acids is 1. The highest BCUT2D eigenvalue weighted by Gasteiger charge is 2.24. The molecule has 0 aliphatic carbocycles. The second-order valence-electron chi connectivity index (χ2n) is 8.12. The van der Waals surface area contributed by atoms with Crippen LogP contribution >= 0.6 is 12.2 Å². The van der Waals surface area contributed by atoms with Crippen LogP contribution in [0.3, 0.4) is 0 Å². The van der Waals surface area contributed by atoms with E-state index in [0.717, 1.165) is 45.7 Å². The molecule has 0 aromatic heterocycles. The van der Waals surface area contributed by atoms with E-state index >= 15 is 0 Å². The van der Waals surface area contributed by atoms with Gasteiger partial charge in [-0.1, -0.05) is 60.2 Å². The van der Waals surface area contributed by atoms with Crippen LogP contribution in [0.1, 0.15) is 16.7 Å². The van der Waals surface area contributed by atoms with Crippen molar-refractivity contribution in [1.29, 1.82) is 0 Å². The Kier molecular flexibility index (Phi) is 8.22. The zero-order chi connectivity index (χ0) is 21.3. The first-order chi connectivity index (χ1) is 14.5. The van der Waals surface area contributed by atoms with Crippen molar-refractivity contribution in [2.75, 3.05) is 46.3 Å². The number of amides is 1. The number of benzene rings is 2. The van der Waals surface area contributed by atoms with Gasteiger partial charge in [0.25, 0.3) is 0 Å². The molecule has 0 bridgehead atoms. The number of likely N-dealkylation sites (N-methyl/N-ethyl adjacent to an activating group) is 1. The molecular weight excluding hydrogens is 392 g/mol. The number of hydrogen-bond acceptors (Lipinski definition) is 2. The van der Waals surface area contributed by atoms with Gasteiger partial charge in [-0.15, -0.1) is 0 Å². The average molecular weight is 426 g/mol. The molecule has 1 heterocycles. The highest BCUT2D eigenvalue weighted by atomic mass is 32.1. The van der Waals surface area contributed by atoms with Gasteiger partial charge in [0.2, 0.25) is 5.91 Å². The van der Waals surface area contributed by atoms with Crippen molar-refractivity contribution in [1.82, 2.24) is 15.1 Å². The first-order valence-corrected chi connectivity index (χ1v) is 11.1. The first-order valence-electron chi connectivity index (χ1n) is 10.7. The molecule has 160 valence electrons. The van der Waals surface area contributed by atoms with Crippen molar-refractivity contribution in [3.63, 3.8) is 0 Å². The van der Waals surface area contributed by atoms with Gasteiger partial charge in [-0.3, -0.25) is 4.79 Å². The van der Waals surface area contributed by atoms with Crippen LogP contribution < -0.4 is 10.2 Å².